The molecular weight excluding hydrogens is 244 g/mol. The lowest BCUT2D eigenvalue weighted by Crippen LogP contribution is -1.80. The molecule has 0 saturated heterocycles. The van der Waals surface area contributed by atoms with Crippen LogP contribution in [0.3, 0.4) is 0 Å². The highest BCUT2D eigenvalue weighted by molar-refractivity contribution is 9.10. The minimum atomic E-state index is 0.331. The van der Waals surface area contributed by atoms with Gasteiger partial charge in [0.1, 0.15) is 5.69 Å². The smallest absolute Gasteiger partial charge is 0.222 e. The van der Waals surface area contributed by atoms with Crippen LogP contribution in [0.15, 0.2) is 33.3 Å². The van der Waals surface area contributed by atoms with Crippen molar-refractivity contribution in [3.8, 4) is 11.3 Å². The van der Waals surface area contributed by atoms with Crippen molar-refractivity contribution >= 4 is 21.8 Å². The van der Waals surface area contributed by atoms with E-state index in [-0.39, 0.29) is 0 Å². The van der Waals surface area contributed by atoms with Gasteiger partial charge < -0.3 is 10.3 Å². The van der Waals surface area contributed by atoms with Crippen LogP contribution in [0.4, 0.5) is 5.88 Å². The Bertz CT molecular complexity index is 445. The van der Waals surface area contributed by atoms with Crippen LogP contribution >= 0.6 is 15.9 Å². The third-order valence-electron chi connectivity index (χ3n) is 1.87. The standard InChI is InChI=1S/C10H9BrN2O/c1-6-2-7(4-8(11)3-6)9-5-10(12)14-13-9/h2-5H,12H2,1H3. The minimum Gasteiger partial charge on any atom is -0.368 e. The molecule has 0 radical (unpaired) electrons. The zero-order valence-electron chi connectivity index (χ0n) is 7.62. The Morgan fingerprint density at radius 2 is 2.07 bits per heavy atom. The maximum atomic E-state index is 5.45. The van der Waals surface area contributed by atoms with E-state index in [2.05, 4.69) is 21.1 Å². The maximum absolute atomic E-state index is 5.45. The Labute approximate surface area is 90.0 Å². The molecule has 2 N–H and O–H groups in total. The molecule has 0 atom stereocenters. The predicted octanol–water partition coefficient (Wildman–Crippen LogP) is 2.99. The normalized spacial score (nSPS) is 10.4. The van der Waals surface area contributed by atoms with E-state index < -0.39 is 0 Å². The third kappa shape index (κ3) is 1.80. The van der Waals surface area contributed by atoms with Crippen molar-refractivity contribution in [3.05, 3.63) is 34.3 Å². The summed E-state index contributed by atoms with van der Waals surface area (Å²) in [5, 5.41) is 3.85. The summed E-state index contributed by atoms with van der Waals surface area (Å²) in [6, 6.07) is 7.75. The fourth-order valence-corrected chi connectivity index (χ4v) is 1.92. The average molecular weight is 253 g/mol. The van der Waals surface area contributed by atoms with Crippen LogP contribution in [0, 0.1) is 6.92 Å². The average Bonchev–Trinajstić information content (AvgIpc) is 2.50. The first-order valence-electron chi connectivity index (χ1n) is 4.15. The molecule has 72 valence electrons. The zero-order valence-corrected chi connectivity index (χ0v) is 9.21. The molecule has 0 aliphatic carbocycles. The van der Waals surface area contributed by atoms with Crippen LogP contribution in [0.2, 0.25) is 0 Å². The van der Waals surface area contributed by atoms with Gasteiger partial charge in [-0.1, -0.05) is 21.1 Å². The van der Waals surface area contributed by atoms with Gasteiger partial charge in [-0.15, -0.1) is 0 Å². The number of benzene rings is 1. The Balaban J connectivity index is 2.51. The first-order chi connectivity index (χ1) is 6.65. The summed E-state index contributed by atoms with van der Waals surface area (Å²) in [4.78, 5) is 0. The summed E-state index contributed by atoms with van der Waals surface area (Å²) in [6.07, 6.45) is 0. The number of hydrogen-bond donors (Lipinski definition) is 1. The molecule has 3 nitrogen and oxygen atoms in total. The van der Waals surface area contributed by atoms with Crippen molar-refractivity contribution in [1.29, 1.82) is 0 Å². The van der Waals surface area contributed by atoms with Gasteiger partial charge in [-0.2, -0.15) is 0 Å². The monoisotopic (exact) mass is 252 g/mol. The second kappa shape index (κ2) is 3.46. The molecule has 4 heteroatoms. The number of rotatable bonds is 1. The van der Waals surface area contributed by atoms with Crippen LogP contribution < -0.4 is 5.73 Å². The molecule has 0 bridgehead atoms. The molecule has 1 aromatic carbocycles. The highest BCUT2D eigenvalue weighted by Crippen LogP contribution is 2.25. The van der Waals surface area contributed by atoms with Crippen LogP contribution in [0.1, 0.15) is 5.56 Å². The summed E-state index contributed by atoms with van der Waals surface area (Å²) in [7, 11) is 0. The molecule has 2 aromatic rings. The molecule has 2 rings (SSSR count). The first-order valence-corrected chi connectivity index (χ1v) is 4.94. The lowest BCUT2D eigenvalue weighted by molar-refractivity contribution is 0.439. The fourth-order valence-electron chi connectivity index (χ4n) is 1.31. The van der Waals surface area contributed by atoms with E-state index >= 15 is 0 Å². The van der Waals surface area contributed by atoms with Crippen molar-refractivity contribution in [1.82, 2.24) is 5.16 Å². The van der Waals surface area contributed by atoms with Gasteiger partial charge in [-0.05, 0) is 30.7 Å². The van der Waals surface area contributed by atoms with E-state index in [1.807, 2.05) is 25.1 Å². The van der Waals surface area contributed by atoms with Crippen molar-refractivity contribution < 1.29 is 4.52 Å². The van der Waals surface area contributed by atoms with Crippen molar-refractivity contribution in [2.75, 3.05) is 5.73 Å². The van der Waals surface area contributed by atoms with E-state index in [4.69, 9.17) is 10.3 Å². The van der Waals surface area contributed by atoms with E-state index in [0.717, 1.165) is 21.3 Å². The largest absolute Gasteiger partial charge is 0.368 e. The van der Waals surface area contributed by atoms with Crippen LogP contribution in [0.25, 0.3) is 11.3 Å². The van der Waals surface area contributed by atoms with Gasteiger partial charge in [0.2, 0.25) is 5.88 Å². The number of anilines is 1. The van der Waals surface area contributed by atoms with Crippen molar-refractivity contribution in [2.24, 2.45) is 0 Å². The number of aryl methyl sites for hydroxylation is 1. The van der Waals surface area contributed by atoms with Gasteiger partial charge >= 0.3 is 0 Å². The van der Waals surface area contributed by atoms with E-state index in [1.165, 1.54) is 0 Å². The molecule has 0 aliphatic heterocycles. The fraction of sp³-hybridized carbons (Fsp3) is 0.100. The Kier molecular flexibility index (Phi) is 2.29. The van der Waals surface area contributed by atoms with Crippen LogP contribution in [-0.4, -0.2) is 5.16 Å². The molecule has 0 fully saturated rings. The Morgan fingerprint density at radius 1 is 1.29 bits per heavy atom. The molecule has 1 aromatic heterocycles. The quantitative estimate of drug-likeness (QED) is 0.849. The maximum Gasteiger partial charge on any atom is 0.222 e. The second-order valence-corrected chi connectivity index (χ2v) is 4.05. The van der Waals surface area contributed by atoms with Crippen LogP contribution in [0.5, 0.6) is 0 Å². The topological polar surface area (TPSA) is 52.0 Å². The SMILES string of the molecule is Cc1cc(Br)cc(-c2cc(N)on2)c1. The first kappa shape index (κ1) is 9.27. The highest BCUT2D eigenvalue weighted by Gasteiger charge is 2.05. The Hall–Kier alpha value is -1.29. The lowest BCUT2D eigenvalue weighted by atomic mass is 10.1. The van der Waals surface area contributed by atoms with Gasteiger partial charge in [0.25, 0.3) is 0 Å². The van der Waals surface area contributed by atoms with Crippen LogP contribution in [-0.2, 0) is 0 Å². The summed E-state index contributed by atoms with van der Waals surface area (Å²) in [5.41, 5.74) is 8.37. The molecule has 0 amide bonds. The highest BCUT2D eigenvalue weighted by atomic mass is 79.9. The number of hydrogen-bond acceptors (Lipinski definition) is 3. The number of nitrogen functional groups attached to an aromatic ring is 1. The summed E-state index contributed by atoms with van der Waals surface area (Å²) in [6.45, 7) is 2.03. The summed E-state index contributed by atoms with van der Waals surface area (Å²) >= 11 is 3.43. The molecular formula is C10H9BrN2O. The van der Waals surface area contributed by atoms with Gasteiger partial charge in [-0.25, -0.2) is 0 Å². The summed E-state index contributed by atoms with van der Waals surface area (Å²) < 4.78 is 5.83. The minimum absolute atomic E-state index is 0.331. The molecule has 14 heavy (non-hydrogen) atoms. The number of nitrogens with zero attached hydrogens (tertiary/aromatic N) is 1. The zero-order chi connectivity index (χ0) is 10.1. The Morgan fingerprint density at radius 3 is 2.64 bits per heavy atom. The number of aromatic nitrogens is 1. The molecule has 1 heterocycles. The molecule has 0 unspecified atom stereocenters. The van der Waals surface area contributed by atoms with Crippen molar-refractivity contribution in [2.45, 2.75) is 6.92 Å². The van der Waals surface area contributed by atoms with E-state index in [1.54, 1.807) is 6.07 Å². The third-order valence-corrected chi connectivity index (χ3v) is 2.32. The number of nitrogens with two attached hydrogens (primary N) is 1. The predicted molar refractivity (Wildman–Crippen MR) is 58.8 cm³/mol. The number of halogens is 1. The lowest BCUT2D eigenvalue weighted by Gasteiger charge is -1.99. The van der Waals surface area contributed by atoms with Gasteiger partial charge in [-0.3, -0.25) is 0 Å². The van der Waals surface area contributed by atoms with Crippen molar-refractivity contribution in [3.63, 3.8) is 0 Å². The van der Waals surface area contributed by atoms with E-state index in [9.17, 15) is 0 Å². The van der Waals surface area contributed by atoms with E-state index in [0.29, 0.717) is 5.88 Å². The molecule has 0 spiro atoms. The second-order valence-electron chi connectivity index (χ2n) is 3.13. The van der Waals surface area contributed by atoms with Gasteiger partial charge in [0.15, 0.2) is 0 Å². The van der Waals surface area contributed by atoms with Gasteiger partial charge in [0.05, 0.1) is 0 Å². The van der Waals surface area contributed by atoms with Gasteiger partial charge in [0, 0.05) is 16.1 Å². The molecule has 0 aliphatic rings. The summed E-state index contributed by atoms with van der Waals surface area (Å²) in [5.74, 6) is 0.331. The molecule has 0 saturated carbocycles.